The van der Waals surface area contributed by atoms with Crippen molar-refractivity contribution in [1.29, 1.82) is 0 Å². The van der Waals surface area contributed by atoms with Crippen LogP contribution in [0.2, 0.25) is 0 Å². The van der Waals surface area contributed by atoms with Gasteiger partial charge in [-0.3, -0.25) is 0 Å². The topological polar surface area (TPSA) is 49.8 Å². The summed E-state index contributed by atoms with van der Waals surface area (Å²) in [7, 11) is 0. The lowest BCUT2D eigenvalue weighted by molar-refractivity contribution is 0.471. The number of hydrogen-bond acceptors (Lipinski definition) is 4. The second-order valence-corrected chi connectivity index (χ2v) is 3.21. The minimum Gasteiger partial charge on any atom is -0.365 e. The van der Waals surface area contributed by atoms with Crippen LogP contribution in [0.1, 0.15) is 12.7 Å². The number of aromatic nitrogens is 2. The molecule has 70 valence electrons. The first-order valence-electron chi connectivity index (χ1n) is 4.67. The third-order valence-electron chi connectivity index (χ3n) is 2.16. The zero-order chi connectivity index (χ0) is 9.10. The van der Waals surface area contributed by atoms with Crippen molar-refractivity contribution in [2.45, 2.75) is 19.4 Å². The van der Waals surface area contributed by atoms with E-state index in [2.05, 4.69) is 27.5 Å². The van der Waals surface area contributed by atoms with Gasteiger partial charge in [0.05, 0.1) is 6.04 Å². The maximum atomic E-state index is 4.36. The molecule has 2 heterocycles. The van der Waals surface area contributed by atoms with Crippen molar-refractivity contribution in [3.8, 4) is 0 Å². The van der Waals surface area contributed by atoms with Gasteiger partial charge >= 0.3 is 0 Å². The summed E-state index contributed by atoms with van der Waals surface area (Å²) >= 11 is 0. The number of nitrogens with zero attached hydrogens (tertiary/aromatic N) is 2. The molecule has 0 atom stereocenters. The van der Waals surface area contributed by atoms with Crippen LogP contribution in [0, 0.1) is 0 Å². The molecule has 2 rings (SSSR count). The standard InChI is InChI=1S/C9H14N4/c1-2-8-11-4-3-9(13-8)12-7-5-10-6-7/h3-4,7,10H,2,5-6H2,1H3,(H,11,12,13). The summed E-state index contributed by atoms with van der Waals surface area (Å²) in [5, 5.41) is 6.54. The largest absolute Gasteiger partial charge is 0.365 e. The van der Waals surface area contributed by atoms with Crippen LogP contribution in [0.4, 0.5) is 5.82 Å². The molecule has 1 fully saturated rings. The van der Waals surface area contributed by atoms with Crippen molar-refractivity contribution < 1.29 is 0 Å². The first-order valence-corrected chi connectivity index (χ1v) is 4.67. The summed E-state index contributed by atoms with van der Waals surface area (Å²) < 4.78 is 0. The van der Waals surface area contributed by atoms with E-state index < -0.39 is 0 Å². The molecule has 0 unspecified atom stereocenters. The van der Waals surface area contributed by atoms with Crippen LogP contribution >= 0.6 is 0 Å². The van der Waals surface area contributed by atoms with E-state index in [9.17, 15) is 0 Å². The van der Waals surface area contributed by atoms with Gasteiger partial charge in [0, 0.05) is 25.7 Å². The van der Waals surface area contributed by atoms with Crippen LogP contribution in [-0.4, -0.2) is 29.1 Å². The maximum Gasteiger partial charge on any atom is 0.130 e. The van der Waals surface area contributed by atoms with Crippen molar-refractivity contribution in [1.82, 2.24) is 15.3 Å². The molecular weight excluding hydrogens is 164 g/mol. The number of rotatable bonds is 3. The highest BCUT2D eigenvalue weighted by Gasteiger charge is 2.16. The van der Waals surface area contributed by atoms with Crippen molar-refractivity contribution in [3.05, 3.63) is 18.1 Å². The highest BCUT2D eigenvalue weighted by molar-refractivity contribution is 5.35. The van der Waals surface area contributed by atoms with E-state index in [-0.39, 0.29) is 0 Å². The Bertz CT molecular complexity index is 283. The molecule has 4 nitrogen and oxygen atoms in total. The summed E-state index contributed by atoms with van der Waals surface area (Å²) in [5.74, 6) is 1.84. The Kier molecular flexibility index (Phi) is 2.40. The molecule has 1 aliphatic heterocycles. The molecule has 0 saturated carbocycles. The average Bonchev–Trinajstić information content (AvgIpc) is 2.12. The minimum atomic E-state index is 0.541. The van der Waals surface area contributed by atoms with Gasteiger partial charge in [-0.1, -0.05) is 6.92 Å². The molecular formula is C9H14N4. The molecule has 0 amide bonds. The number of anilines is 1. The molecule has 1 aliphatic rings. The van der Waals surface area contributed by atoms with Gasteiger partial charge in [-0.25, -0.2) is 9.97 Å². The SMILES string of the molecule is CCc1nccc(NC2CNC2)n1. The predicted molar refractivity (Wildman–Crippen MR) is 51.7 cm³/mol. The second-order valence-electron chi connectivity index (χ2n) is 3.21. The normalized spacial score (nSPS) is 16.7. The lowest BCUT2D eigenvalue weighted by Gasteiger charge is -2.28. The van der Waals surface area contributed by atoms with Gasteiger partial charge in [0.1, 0.15) is 11.6 Å². The van der Waals surface area contributed by atoms with Gasteiger partial charge in [-0.05, 0) is 6.07 Å². The van der Waals surface area contributed by atoms with Crippen molar-refractivity contribution in [2.75, 3.05) is 18.4 Å². The van der Waals surface area contributed by atoms with Gasteiger partial charge in [0.25, 0.3) is 0 Å². The lowest BCUT2D eigenvalue weighted by Crippen LogP contribution is -2.51. The molecule has 4 heteroatoms. The third-order valence-corrected chi connectivity index (χ3v) is 2.16. The zero-order valence-corrected chi connectivity index (χ0v) is 7.75. The van der Waals surface area contributed by atoms with Crippen molar-refractivity contribution in [2.24, 2.45) is 0 Å². The molecule has 1 aromatic heterocycles. The summed E-state index contributed by atoms with van der Waals surface area (Å²) in [6.45, 7) is 4.13. The Hall–Kier alpha value is -1.16. The Balaban J connectivity index is 2.01. The summed E-state index contributed by atoms with van der Waals surface area (Å²) in [6.07, 6.45) is 2.69. The van der Waals surface area contributed by atoms with E-state index in [4.69, 9.17) is 0 Å². The highest BCUT2D eigenvalue weighted by Crippen LogP contribution is 2.06. The molecule has 13 heavy (non-hydrogen) atoms. The van der Waals surface area contributed by atoms with Crippen LogP contribution in [0.5, 0.6) is 0 Å². The lowest BCUT2D eigenvalue weighted by atomic mass is 10.2. The predicted octanol–water partition coefficient (Wildman–Crippen LogP) is 0.423. The fraction of sp³-hybridized carbons (Fsp3) is 0.556. The van der Waals surface area contributed by atoms with Gasteiger partial charge in [0.2, 0.25) is 0 Å². The van der Waals surface area contributed by atoms with Crippen LogP contribution in [0.25, 0.3) is 0 Å². The molecule has 0 aliphatic carbocycles. The van der Waals surface area contributed by atoms with E-state index in [1.165, 1.54) is 0 Å². The average molecular weight is 178 g/mol. The van der Waals surface area contributed by atoms with Gasteiger partial charge in [0.15, 0.2) is 0 Å². The molecule has 0 radical (unpaired) electrons. The third kappa shape index (κ3) is 1.95. The fourth-order valence-electron chi connectivity index (χ4n) is 1.25. The Morgan fingerprint density at radius 1 is 1.62 bits per heavy atom. The van der Waals surface area contributed by atoms with E-state index >= 15 is 0 Å². The Labute approximate surface area is 77.8 Å². The van der Waals surface area contributed by atoms with Crippen LogP contribution in [0.15, 0.2) is 12.3 Å². The van der Waals surface area contributed by atoms with Gasteiger partial charge < -0.3 is 10.6 Å². The summed E-state index contributed by atoms with van der Waals surface area (Å²) in [4.78, 5) is 8.51. The van der Waals surface area contributed by atoms with Crippen LogP contribution < -0.4 is 10.6 Å². The van der Waals surface area contributed by atoms with Crippen molar-refractivity contribution in [3.63, 3.8) is 0 Å². The second kappa shape index (κ2) is 3.70. The Morgan fingerprint density at radius 2 is 2.46 bits per heavy atom. The quantitative estimate of drug-likeness (QED) is 0.704. The number of nitrogens with one attached hydrogen (secondary N) is 2. The fourth-order valence-corrected chi connectivity index (χ4v) is 1.25. The van der Waals surface area contributed by atoms with E-state index in [1.807, 2.05) is 6.07 Å². The van der Waals surface area contributed by atoms with Crippen LogP contribution in [0.3, 0.4) is 0 Å². The van der Waals surface area contributed by atoms with E-state index in [0.717, 1.165) is 31.2 Å². The molecule has 2 N–H and O–H groups in total. The first-order chi connectivity index (χ1) is 6.38. The molecule has 1 saturated heterocycles. The summed E-state index contributed by atoms with van der Waals surface area (Å²) in [6, 6.07) is 2.46. The monoisotopic (exact) mass is 178 g/mol. The zero-order valence-electron chi connectivity index (χ0n) is 7.75. The van der Waals surface area contributed by atoms with Crippen LogP contribution in [-0.2, 0) is 6.42 Å². The Morgan fingerprint density at radius 3 is 3.08 bits per heavy atom. The highest BCUT2D eigenvalue weighted by atomic mass is 15.1. The molecule has 1 aromatic rings. The number of hydrogen-bond donors (Lipinski definition) is 2. The van der Waals surface area contributed by atoms with Crippen molar-refractivity contribution >= 4 is 5.82 Å². The van der Waals surface area contributed by atoms with Gasteiger partial charge in [-0.15, -0.1) is 0 Å². The van der Waals surface area contributed by atoms with E-state index in [0.29, 0.717) is 6.04 Å². The molecule has 0 spiro atoms. The smallest absolute Gasteiger partial charge is 0.130 e. The minimum absolute atomic E-state index is 0.541. The number of aryl methyl sites for hydroxylation is 1. The van der Waals surface area contributed by atoms with E-state index in [1.54, 1.807) is 6.20 Å². The molecule has 0 aromatic carbocycles. The maximum absolute atomic E-state index is 4.36. The summed E-state index contributed by atoms with van der Waals surface area (Å²) in [5.41, 5.74) is 0. The first kappa shape index (κ1) is 8.44. The van der Waals surface area contributed by atoms with Gasteiger partial charge in [-0.2, -0.15) is 0 Å². The molecule has 0 bridgehead atoms.